The quantitative estimate of drug-likeness (QED) is 0.561. The highest BCUT2D eigenvalue weighted by Gasteiger charge is 2.19. The number of H-pyrrole nitrogens is 1. The maximum absolute atomic E-state index is 12.4. The van der Waals surface area contributed by atoms with Crippen molar-refractivity contribution in [2.75, 3.05) is 6.67 Å². The topological polar surface area (TPSA) is 102 Å². The number of rotatable bonds is 4. The lowest BCUT2D eigenvalue weighted by Crippen LogP contribution is -2.37. The molecule has 0 saturated heterocycles. The number of quaternary nitrogens is 1. The Balaban J connectivity index is 1.63. The van der Waals surface area contributed by atoms with Gasteiger partial charge in [0, 0.05) is 17.3 Å². The van der Waals surface area contributed by atoms with Crippen LogP contribution in [0, 0.1) is 5.21 Å². The smallest absolute Gasteiger partial charge is 0.205 e. The minimum absolute atomic E-state index is 0.302. The highest BCUT2D eigenvalue weighted by atomic mass is 16.5. The standard InChI is InChI=1S/C16H15N7O/c24-23(8-7-17-11-23)10-13-6-5-12(9-18-13)14-3-1-2-4-15(14)16-19-21-22-20-16/h1-9,17H,10-11H2,(H,19,20,21,22). The van der Waals surface area contributed by atoms with Crippen molar-refractivity contribution in [3.8, 4) is 22.5 Å². The van der Waals surface area contributed by atoms with E-state index in [2.05, 4.69) is 30.9 Å². The SMILES string of the molecule is [O-][N+]1(Cc2ccc(-c3ccccc3-c3nn[nH]n3)cn2)C=CNC1. The third-order valence-corrected chi connectivity index (χ3v) is 3.90. The Hall–Kier alpha value is -3.10. The van der Waals surface area contributed by atoms with Crippen molar-refractivity contribution >= 4 is 0 Å². The molecule has 0 radical (unpaired) electrons. The van der Waals surface area contributed by atoms with Crippen molar-refractivity contribution < 1.29 is 4.65 Å². The zero-order valence-electron chi connectivity index (χ0n) is 12.8. The van der Waals surface area contributed by atoms with Gasteiger partial charge < -0.3 is 15.2 Å². The van der Waals surface area contributed by atoms with E-state index in [1.54, 1.807) is 18.6 Å². The number of pyridine rings is 1. The van der Waals surface area contributed by atoms with Crippen LogP contribution < -0.4 is 5.32 Å². The lowest BCUT2D eigenvalue weighted by atomic mass is 10.0. The summed E-state index contributed by atoms with van der Waals surface area (Å²) in [6.07, 6.45) is 5.05. The second-order valence-corrected chi connectivity index (χ2v) is 5.61. The number of tetrazole rings is 1. The Kier molecular flexibility index (Phi) is 3.52. The summed E-state index contributed by atoms with van der Waals surface area (Å²) in [6.45, 7) is 0.639. The molecule has 1 aliphatic heterocycles. The van der Waals surface area contributed by atoms with Gasteiger partial charge >= 0.3 is 0 Å². The molecule has 1 atom stereocenters. The van der Waals surface area contributed by atoms with Crippen molar-refractivity contribution in [3.63, 3.8) is 0 Å². The Morgan fingerprint density at radius 1 is 1.12 bits per heavy atom. The van der Waals surface area contributed by atoms with Gasteiger partial charge in [0.1, 0.15) is 12.7 Å². The Labute approximate surface area is 138 Å². The van der Waals surface area contributed by atoms with Crippen molar-refractivity contribution in [3.05, 3.63) is 65.9 Å². The Morgan fingerprint density at radius 2 is 2.00 bits per heavy atom. The summed E-state index contributed by atoms with van der Waals surface area (Å²) in [5.74, 6) is 0.534. The Morgan fingerprint density at radius 3 is 2.67 bits per heavy atom. The van der Waals surface area contributed by atoms with E-state index in [1.807, 2.05) is 36.4 Å². The van der Waals surface area contributed by atoms with Crippen LogP contribution in [-0.2, 0) is 6.54 Å². The maximum atomic E-state index is 12.4. The highest BCUT2D eigenvalue weighted by Crippen LogP contribution is 2.29. The van der Waals surface area contributed by atoms with Gasteiger partial charge in [-0.25, -0.2) is 0 Å². The average Bonchev–Trinajstić information content (AvgIpc) is 3.28. The third kappa shape index (κ3) is 2.75. The van der Waals surface area contributed by atoms with Gasteiger partial charge in [-0.2, -0.15) is 5.21 Å². The second kappa shape index (κ2) is 5.84. The van der Waals surface area contributed by atoms with E-state index in [0.29, 0.717) is 19.0 Å². The average molecular weight is 321 g/mol. The van der Waals surface area contributed by atoms with Crippen LogP contribution in [0.1, 0.15) is 5.69 Å². The zero-order chi connectivity index (χ0) is 16.4. The predicted octanol–water partition coefficient (Wildman–Crippen LogP) is 1.78. The predicted molar refractivity (Wildman–Crippen MR) is 87.3 cm³/mol. The number of hydroxylamine groups is 3. The Bertz CT molecular complexity index is 860. The van der Waals surface area contributed by atoms with Gasteiger partial charge in [-0.15, -0.1) is 10.2 Å². The van der Waals surface area contributed by atoms with E-state index < -0.39 is 4.65 Å². The number of hydrogen-bond donors (Lipinski definition) is 2. The van der Waals surface area contributed by atoms with E-state index in [0.717, 1.165) is 22.4 Å². The maximum Gasteiger partial charge on any atom is 0.205 e. The molecule has 120 valence electrons. The summed E-state index contributed by atoms with van der Waals surface area (Å²) in [7, 11) is 0. The van der Waals surface area contributed by atoms with Crippen molar-refractivity contribution in [1.29, 1.82) is 0 Å². The van der Waals surface area contributed by atoms with E-state index in [9.17, 15) is 5.21 Å². The molecule has 0 fully saturated rings. The fourth-order valence-corrected chi connectivity index (χ4v) is 2.71. The molecule has 8 nitrogen and oxygen atoms in total. The highest BCUT2D eigenvalue weighted by molar-refractivity contribution is 5.79. The molecule has 2 N–H and O–H groups in total. The van der Waals surface area contributed by atoms with Crippen LogP contribution in [0.4, 0.5) is 0 Å². The first-order valence-corrected chi connectivity index (χ1v) is 7.51. The van der Waals surface area contributed by atoms with Gasteiger partial charge in [0.2, 0.25) is 5.82 Å². The van der Waals surface area contributed by atoms with Crippen LogP contribution in [0.2, 0.25) is 0 Å². The molecule has 1 aromatic carbocycles. The molecular formula is C16H15N7O. The summed E-state index contributed by atoms with van der Waals surface area (Å²) in [6, 6.07) is 11.6. The molecule has 1 aliphatic rings. The van der Waals surface area contributed by atoms with Gasteiger partial charge in [-0.05, 0) is 16.8 Å². The molecule has 24 heavy (non-hydrogen) atoms. The first-order valence-electron chi connectivity index (χ1n) is 7.51. The van der Waals surface area contributed by atoms with E-state index in [4.69, 9.17) is 0 Å². The molecule has 2 aromatic heterocycles. The fraction of sp³-hybridized carbons (Fsp3) is 0.125. The summed E-state index contributed by atoms with van der Waals surface area (Å²) in [4.78, 5) is 4.44. The second-order valence-electron chi connectivity index (χ2n) is 5.61. The third-order valence-electron chi connectivity index (χ3n) is 3.90. The monoisotopic (exact) mass is 321 g/mol. The van der Waals surface area contributed by atoms with Crippen molar-refractivity contribution in [1.82, 2.24) is 30.9 Å². The molecule has 0 aliphatic carbocycles. The molecule has 0 spiro atoms. The minimum atomic E-state index is -0.439. The summed E-state index contributed by atoms with van der Waals surface area (Å²) < 4.78 is -0.439. The van der Waals surface area contributed by atoms with Gasteiger partial charge in [0.05, 0.1) is 11.9 Å². The number of nitrogens with zero attached hydrogens (tertiary/aromatic N) is 5. The largest absolute Gasteiger partial charge is 0.626 e. The molecule has 0 saturated carbocycles. The molecule has 3 aromatic rings. The van der Waals surface area contributed by atoms with E-state index in [1.165, 1.54) is 0 Å². The first kappa shape index (κ1) is 14.5. The van der Waals surface area contributed by atoms with Gasteiger partial charge in [-0.1, -0.05) is 30.3 Å². The molecule has 0 bridgehead atoms. The summed E-state index contributed by atoms with van der Waals surface area (Å²) in [5, 5.41) is 29.4. The lowest BCUT2D eigenvalue weighted by Gasteiger charge is -2.34. The number of aromatic nitrogens is 5. The zero-order valence-corrected chi connectivity index (χ0v) is 12.8. The van der Waals surface area contributed by atoms with Crippen LogP contribution in [-0.4, -0.2) is 36.9 Å². The van der Waals surface area contributed by atoms with Crippen molar-refractivity contribution in [2.24, 2.45) is 0 Å². The number of aromatic amines is 1. The molecule has 1 unspecified atom stereocenters. The van der Waals surface area contributed by atoms with Gasteiger partial charge in [-0.3, -0.25) is 4.98 Å². The molecule has 0 amide bonds. The first-order chi connectivity index (χ1) is 11.7. The number of benzene rings is 1. The van der Waals surface area contributed by atoms with E-state index >= 15 is 0 Å². The van der Waals surface area contributed by atoms with Crippen LogP contribution in [0.25, 0.3) is 22.5 Å². The van der Waals surface area contributed by atoms with Gasteiger partial charge in [0.25, 0.3) is 0 Å². The summed E-state index contributed by atoms with van der Waals surface area (Å²) in [5.41, 5.74) is 3.53. The van der Waals surface area contributed by atoms with Crippen LogP contribution >= 0.6 is 0 Å². The normalized spacial score (nSPS) is 19.4. The number of nitrogens with one attached hydrogen (secondary N) is 2. The fourth-order valence-electron chi connectivity index (χ4n) is 2.71. The molecular weight excluding hydrogens is 306 g/mol. The van der Waals surface area contributed by atoms with Crippen LogP contribution in [0.15, 0.2) is 55.0 Å². The van der Waals surface area contributed by atoms with E-state index in [-0.39, 0.29) is 0 Å². The van der Waals surface area contributed by atoms with Crippen LogP contribution in [0.3, 0.4) is 0 Å². The molecule has 4 rings (SSSR count). The lowest BCUT2D eigenvalue weighted by molar-refractivity contribution is -0.839. The molecule has 8 heteroatoms. The van der Waals surface area contributed by atoms with Crippen LogP contribution in [0.5, 0.6) is 0 Å². The number of hydrogen-bond acceptors (Lipinski definition) is 6. The molecule has 3 heterocycles. The minimum Gasteiger partial charge on any atom is -0.626 e. The van der Waals surface area contributed by atoms with Crippen molar-refractivity contribution in [2.45, 2.75) is 6.54 Å². The van der Waals surface area contributed by atoms with Gasteiger partial charge in [0.15, 0.2) is 6.67 Å². The summed E-state index contributed by atoms with van der Waals surface area (Å²) >= 11 is 0.